The molecule has 1 aliphatic carbocycles. The molecule has 7 heteroatoms. The van der Waals surface area contributed by atoms with Crippen molar-refractivity contribution in [2.75, 3.05) is 13.2 Å². The average Bonchev–Trinajstić information content (AvgIpc) is 3.16. The smallest absolute Gasteiger partial charge is 0.407 e. The lowest BCUT2D eigenvalue weighted by Gasteiger charge is -2.19. The van der Waals surface area contributed by atoms with Crippen molar-refractivity contribution in [2.45, 2.75) is 31.3 Å². The molecule has 4 N–H and O–H groups in total. The summed E-state index contributed by atoms with van der Waals surface area (Å²) in [5, 5.41) is 13.7. The van der Waals surface area contributed by atoms with Gasteiger partial charge >= 0.3 is 12.1 Å². The van der Waals surface area contributed by atoms with Crippen LogP contribution in [0.25, 0.3) is 11.1 Å². The molecule has 1 amide bonds. The summed E-state index contributed by atoms with van der Waals surface area (Å²) in [5.41, 5.74) is 5.56. The predicted octanol–water partition coefficient (Wildman–Crippen LogP) is 4.13. The van der Waals surface area contributed by atoms with Crippen molar-refractivity contribution >= 4 is 12.1 Å². The second-order valence-electron chi connectivity index (χ2n) is 8.46. The number of ether oxygens (including phenoxy) is 1. The van der Waals surface area contributed by atoms with Crippen LogP contribution >= 0.6 is 0 Å². The van der Waals surface area contributed by atoms with Crippen LogP contribution < -0.4 is 11.2 Å². The number of carbonyl (C=O) groups excluding carboxylic acids is 1. The fourth-order valence-corrected chi connectivity index (χ4v) is 4.44. The number of fused-ring (bicyclic) bond motifs is 3. The SMILES string of the molecule is NN(CCCC(NC(=O)OCC1c2ccccc2-c2ccccc21)C(=O)O)Cc1ccccc1. The monoisotopic (exact) mass is 459 g/mol. The topological polar surface area (TPSA) is 105 Å². The Labute approximate surface area is 199 Å². The van der Waals surface area contributed by atoms with Gasteiger partial charge in [-0.15, -0.1) is 0 Å². The van der Waals surface area contributed by atoms with E-state index in [4.69, 9.17) is 10.6 Å². The van der Waals surface area contributed by atoms with Crippen molar-refractivity contribution in [3.8, 4) is 11.1 Å². The number of nitrogens with zero attached hydrogens (tertiary/aromatic N) is 1. The second-order valence-corrected chi connectivity index (χ2v) is 8.46. The van der Waals surface area contributed by atoms with E-state index in [0.717, 1.165) is 27.8 Å². The summed E-state index contributed by atoms with van der Waals surface area (Å²) in [7, 11) is 0. The molecule has 7 nitrogen and oxygen atoms in total. The molecule has 1 unspecified atom stereocenters. The molecular formula is C27H29N3O4. The van der Waals surface area contributed by atoms with Crippen LogP contribution in [0, 0.1) is 0 Å². The number of hydrazine groups is 1. The Morgan fingerprint density at radius 1 is 0.941 bits per heavy atom. The lowest BCUT2D eigenvalue weighted by Crippen LogP contribution is -2.42. The fourth-order valence-electron chi connectivity index (χ4n) is 4.44. The first-order chi connectivity index (χ1) is 16.5. The molecule has 0 saturated heterocycles. The third-order valence-electron chi connectivity index (χ3n) is 6.10. The Balaban J connectivity index is 1.28. The van der Waals surface area contributed by atoms with Crippen LogP contribution in [-0.2, 0) is 16.1 Å². The van der Waals surface area contributed by atoms with Gasteiger partial charge in [-0.25, -0.2) is 14.6 Å². The van der Waals surface area contributed by atoms with E-state index in [9.17, 15) is 14.7 Å². The van der Waals surface area contributed by atoms with Crippen molar-refractivity contribution in [1.29, 1.82) is 0 Å². The quantitative estimate of drug-likeness (QED) is 0.311. The first-order valence-corrected chi connectivity index (χ1v) is 11.4. The standard InChI is InChI=1S/C27H29N3O4/c28-30(17-19-9-2-1-3-10-19)16-8-15-25(26(31)32)29-27(33)34-18-24-22-13-6-4-11-20(22)21-12-5-7-14-23(21)24/h1-7,9-14,24-25H,8,15-18,28H2,(H,29,33)(H,31,32). The number of nitrogens with one attached hydrogen (secondary N) is 1. The molecule has 176 valence electrons. The van der Waals surface area contributed by atoms with E-state index in [0.29, 0.717) is 19.5 Å². The van der Waals surface area contributed by atoms with E-state index < -0.39 is 18.1 Å². The van der Waals surface area contributed by atoms with Gasteiger partial charge < -0.3 is 15.2 Å². The molecule has 0 saturated carbocycles. The summed E-state index contributed by atoms with van der Waals surface area (Å²) in [6.45, 7) is 1.21. The zero-order valence-electron chi connectivity index (χ0n) is 18.9. The number of aliphatic carboxylic acids is 1. The molecule has 3 aromatic rings. The Hall–Kier alpha value is -3.68. The van der Waals surface area contributed by atoms with Crippen LogP contribution in [0.4, 0.5) is 4.79 Å². The normalized spacial score (nSPS) is 13.2. The first-order valence-electron chi connectivity index (χ1n) is 11.4. The number of hydrogen-bond donors (Lipinski definition) is 3. The third-order valence-corrected chi connectivity index (χ3v) is 6.10. The van der Waals surface area contributed by atoms with Gasteiger partial charge in [0.15, 0.2) is 0 Å². The summed E-state index contributed by atoms with van der Waals surface area (Å²) in [5.74, 6) is 4.86. The van der Waals surface area contributed by atoms with Gasteiger partial charge in [0, 0.05) is 19.0 Å². The molecule has 34 heavy (non-hydrogen) atoms. The Morgan fingerprint density at radius 2 is 1.53 bits per heavy atom. The molecule has 4 rings (SSSR count). The van der Waals surface area contributed by atoms with Crippen LogP contribution in [0.3, 0.4) is 0 Å². The number of carboxylic acids is 1. The lowest BCUT2D eigenvalue weighted by atomic mass is 9.98. The number of carboxylic acid groups (broad SMARTS) is 1. The number of alkyl carbamates (subject to hydrolysis) is 1. The first kappa shape index (κ1) is 23.5. The summed E-state index contributed by atoms with van der Waals surface area (Å²) in [4.78, 5) is 24.1. The minimum atomic E-state index is -1.10. The van der Waals surface area contributed by atoms with Gasteiger partial charge in [0.25, 0.3) is 0 Å². The minimum Gasteiger partial charge on any atom is -0.480 e. The maximum Gasteiger partial charge on any atom is 0.407 e. The Kier molecular flexibility index (Phi) is 7.57. The lowest BCUT2D eigenvalue weighted by molar-refractivity contribution is -0.139. The van der Waals surface area contributed by atoms with Crippen molar-refractivity contribution in [2.24, 2.45) is 5.84 Å². The molecule has 1 aliphatic rings. The Bertz CT molecular complexity index is 1090. The van der Waals surface area contributed by atoms with E-state index in [2.05, 4.69) is 17.4 Å². The molecule has 0 radical (unpaired) electrons. The van der Waals surface area contributed by atoms with Crippen molar-refractivity contribution in [3.05, 3.63) is 95.6 Å². The molecule has 0 bridgehead atoms. The maximum atomic E-state index is 12.4. The highest BCUT2D eigenvalue weighted by atomic mass is 16.5. The van der Waals surface area contributed by atoms with Crippen molar-refractivity contribution in [3.63, 3.8) is 0 Å². The van der Waals surface area contributed by atoms with Gasteiger partial charge in [-0.1, -0.05) is 78.9 Å². The van der Waals surface area contributed by atoms with Gasteiger partial charge in [-0.2, -0.15) is 0 Å². The fraction of sp³-hybridized carbons (Fsp3) is 0.259. The number of nitrogens with two attached hydrogens (primary N) is 1. The molecule has 0 heterocycles. The maximum absolute atomic E-state index is 12.4. The second kappa shape index (κ2) is 11.0. The number of benzene rings is 3. The van der Waals surface area contributed by atoms with Crippen LogP contribution in [0.2, 0.25) is 0 Å². The van der Waals surface area contributed by atoms with Crippen LogP contribution in [0.1, 0.15) is 35.4 Å². The van der Waals surface area contributed by atoms with Gasteiger partial charge in [0.2, 0.25) is 0 Å². The van der Waals surface area contributed by atoms with Gasteiger partial charge in [-0.3, -0.25) is 5.84 Å². The largest absolute Gasteiger partial charge is 0.480 e. The highest BCUT2D eigenvalue weighted by Gasteiger charge is 2.29. The summed E-state index contributed by atoms with van der Waals surface area (Å²) in [6, 6.07) is 24.9. The highest BCUT2D eigenvalue weighted by molar-refractivity contribution is 5.81. The molecular weight excluding hydrogens is 430 g/mol. The van der Waals surface area contributed by atoms with E-state index in [1.807, 2.05) is 66.7 Å². The number of amides is 1. The number of rotatable bonds is 10. The third kappa shape index (κ3) is 5.62. The van der Waals surface area contributed by atoms with Crippen molar-refractivity contribution < 1.29 is 19.4 Å². The number of hydrogen-bond acceptors (Lipinski definition) is 5. The summed E-state index contributed by atoms with van der Waals surface area (Å²) in [6.07, 6.45) is 0.0366. The van der Waals surface area contributed by atoms with E-state index >= 15 is 0 Å². The van der Waals surface area contributed by atoms with E-state index in [-0.39, 0.29) is 18.9 Å². The zero-order valence-corrected chi connectivity index (χ0v) is 18.9. The zero-order chi connectivity index (χ0) is 23.9. The molecule has 0 fully saturated rings. The van der Waals surface area contributed by atoms with Crippen LogP contribution in [0.5, 0.6) is 0 Å². The average molecular weight is 460 g/mol. The van der Waals surface area contributed by atoms with E-state index in [1.165, 1.54) is 0 Å². The summed E-state index contributed by atoms with van der Waals surface area (Å²) >= 11 is 0. The summed E-state index contributed by atoms with van der Waals surface area (Å²) < 4.78 is 5.48. The molecule has 1 atom stereocenters. The molecule has 0 aromatic heterocycles. The molecule has 0 aliphatic heterocycles. The highest BCUT2D eigenvalue weighted by Crippen LogP contribution is 2.44. The molecule has 3 aromatic carbocycles. The van der Waals surface area contributed by atoms with Crippen molar-refractivity contribution in [1.82, 2.24) is 10.3 Å². The predicted molar refractivity (Wildman–Crippen MR) is 130 cm³/mol. The van der Waals surface area contributed by atoms with Gasteiger partial charge in [0.05, 0.1) is 0 Å². The van der Waals surface area contributed by atoms with Gasteiger partial charge in [0.1, 0.15) is 12.6 Å². The van der Waals surface area contributed by atoms with Crippen LogP contribution in [0.15, 0.2) is 78.9 Å². The minimum absolute atomic E-state index is 0.0785. The van der Waals surface area contributed by atoms with Gasteiger partial charge in [-0.05, 0) is 40.7 Å². The van der Waals surface area contributed by atoms with E-state index in [1.54, 1.807) is 5.01 Å². The number of carbonyl (C=O) groups is 2. The molecule has 0 spiro atoms. The van der Waals surface area contributed by atoms with Crippen LogP contribution in [-0.4, -0.2) is 41.4 Å². The Morgan fingerprint density at radius 3 is 2.15 bits per heavy atom.